The van der Waals surface area contributed by atoms with E-state index in [0.717, 1.165) is 44.4 Å². The zero-order valence-electron chi connectivity index (χ0n) is 26.2. The first-order chi connectivity index (χ1) is 23.8. The third-order valence-electron chi connectivity index (χ3n) is 9.57. The summed E-state index contributed by atoms with van der Waals surface area (Å²) in [6.07, 6.45) is 2.04. The van der Waals surface area contributed by atoms with Crippen LogP contribution in [0.4, 0.5) is 0 Å². The van der Waals surface area contributed by atoms with Crippen molar-refractivity contribution in [3.05, 3.63) is 188 Å². The molecule has 0 amide bonds. The third kappa shape index (κ3) is 4.49. The molecule has 3 heterocycles. The van der Waals surface area contributed by atoms with Crippen LogP contribution in [0.3, 0.4) is 0 Å². The van der Waals surface area contributed by atoms with Gasteiger partial charge in [0.1, 0.15) is 11.2 Å². The van der Waals surface area contributed by atoms with Gasteiger partial charge in [-0.1, -0.05) is 164 Å². The number of nitrogens with zero attached hydrogens (tertiary/aromatic N) is 3. The van der Waals surface area contributed by atoms with E-state index < -0.39 is 8.07 Å². The molecule has 9 rings (SSSR count). The Morgan fingerprint density at radius 2 is 0.938 bits per heavy atom. The Hall–Kier alpha value is -6.10. The molecule has 3 nitrogen and oxygen atoms in total. The molecule has 0 aliphatic carbocycles. The Labute approximate surface area is 280 Å². The van der Waals surface area contributed by atoms with Crippen molar-refractivity contribution >= 4 is 56.4 Å². The Morgan fingerprint density at radius 3 is 1.58 bits per heavy atom. The largest absolute Gasteiger partial charge is 0.284 e. The Morgan fingerprint density at radius 1 is 0.396 bits per heavy atom. The molecule has 226 valence electrons. The summed E-state index contributed by atoms with van der Waals surface area (Å²) in [4.78, 5) is 10.2. The van der Waals surface area contributed by atoms with E-state index in [9.17, 15) is 0 Å². The molecule has 6 aromatic carbocycles. The van der Waals surface area contributed by atoms with Crippen molar-refractivity contribution < 1.29 is 0 Å². The van der Waals surface area contributed by atoms with Crippen LogP contribution in [0, 0.1) is 0 Å². The average molecular weight is 630 g/mol. The van der Waals surface area contributed by atoms with E-state index in [1.54, 1.807) is 0 Å². The number of pyridine rings is 2. The molecular formula is C44H31N3Si. The molecule has 3 aromatic heterocycles. The van der Waals surface area contributed by atoms with Gasteiger partial charge in [-0.05, 0) is 50.1 Å². The summed E-state index contributed by atoms with van der Waals surface area (Å²) in [6, 6.07) is 65.9. The van der Waals surface area contributed by atoms with Crippen LogP contribution < -0.4 is 20.7 Å². The van der Waals surface area contributed by atoms with Crippen LogP contribution >= 0.6 is 0 Å². The monoisotopic (exact) mass is 629 g/mol. The van der Waals surface area contributed by atoms with Gasteiger partial charge >= 0.3 is 0 Å². The van der Waals surface area contributed by atoms with Gasteiger partial charge in [0.15, 0.2) is 13.7 Å². The van der Waals surface area contributed by atoms with Gasteiger partial charge in [-0.25, -0.2) is 9.97 Å². The highest BCUT2D eigenvalue weighted by atomic mass is 28.3. The quantitative estimate of drug-likeness (QED) is 0.139. The number of rotatable bonds is 6. The lowest BCUT2D eigenvalue weighted by atomic mass is 9.98. The third-order valence-corrected chi connectivity index (χ3v) is 14.4. The molecule has 0 fully saturated rings. The van der Waals surface area contributed by atoms with Gasteiger partial charge in [-0.2, -0.15) is 0 Å². The molecule has 0 aliphatic heterocycles. The van der Waals surface area contributed by atoms with Gasteiger partial charge in [0.2, 0.25) is 0 Å². The first-order valence-electron chi connectivity index (χ1n) is 16.3. The number of fused-ring (bicyclic) bond motifs is 5. The fraction of sp³-hybridized carbons (Fsp3) is 0. The Balaban J connectivity index is 1.19. The number of hydrogen-bond donors (Lipinski definition) is 0. The highest BCUT2D eigenvalue weighted by Gasteiger charge is 2.41. The summed E-state index contributed by atoms with van der Waals surface area (Å²) < 4.78 is 2.08. The first-order valence-corrected chi connectivity index (χ1v) is 18.3. The number of imidazole rings is 1. The summed E-state index contributed by atoms with van der Waals surface area (Å²) in [7, 11) is -2.58. The van der Waals surface area contributed by atoms with Gasteiger partial charge < -0.3 is 0 Å². The van der Waals surface area contributed by atoms with E-state index in [1.807, 2.05) is 24.4 Å². The van der Waals surface area contributed by atoms with Crippen LogP contribution in [0.2, 0.25) is 0 Å². The molecule has 0 unspecified atom stereocenters. The Kier molecular flexibility index (Phi) is 6.80. The molecule has 48 heavy (non-hydrogen) atoms. The van der Waals surface area contributed by atoms with E-state index >= 15 is 0 Å². The van der Waals surface area contributed by atoms with Crippen LogP contribution in [-0.2, 0) is 0 Å². The SMILES string of the molecule is c1ccc([Si](c2ccccc2)(c2ccccc2)c2ccc(-c3cccc(-c4nc5c(nc6ccccn65)c5ccccc45)c3)cc2)cc1. The maximum absolute atomic E-state index is 5.25. The predicted molar refractivity (Wildman–Crippen MR) is 202 cm³/mol. The second kappa shape index (κ2) is 11.6. The Bertz CT molecular complexity index is 2450. The van der Waals surface area contributed by atoms with E-state index in [-0.39, 0.29) is 0 Å². The van der Waals surface area contributed by atoms with Crippen LogP contribution in [0.25, 0.3) is 50.0 Å². The summed E-state index contributed by atoms with van der Waals surface area (Å²) >= 11 is 0. The lowest BCUT2D eigenvalue weighted by molar-refractivity contribution is 1.19. The maximum Gasteiger partial charge on any atom is 0.179 e. The van der Waals surface area contributed by atoms with Gasteiger partial charge in [0, 0.05) is 22.5 Å². The molecule has 0 saturated carbocycles. The predicted octanol–water partition coefficient (Wildman–Crippen LogP) is 7.75. The summed E-state index contributed by atoms with van der Waals surface area (Å²) in [5.74, 6) is 0. The highest BCUT2D eigenvalue weighted by molar-refractivity contribution is 7.19. The second-order valence-corrected chi connectivity index (χ2v) is 16.0. The molecule has 0 spiro atoms. The minimum absolute atomic E-state index is 0.873. The summed E-state index contributed by atoms with van der Waals surface area (Å²) in [6.45, 7) is 0. The maximum atomic E-state index is 5.25. The number of aromatic nitrogens is 3. The zero-order valence-corrected chi connectivity index (χ0v) is 27.2. The zero-order chi connectivity index (χ0) is 31.9. The molecule has 0 bridgehead atoms. The van der Waals surface area contributed by atoms with Crippen molar-refractivity contribution in [1.82, 2.24) is 14.4 Å². The molecule has 0 atom stereocenters. The fourth-order valence-electron chi connectivity index (χ4n) is 7.38. The van der Waals surface area contributed by atoms with Crippen LogP contribution in [-0.4, -0.2) is 22.4 Å². The standard InChI is InChI=1S/C44H31N3Si/c1-4-17-35(18-5-1)48(36-19-6-2-7-20-36,37-21-8-3-9-22-37)38-28-26-32(27-29-38)33-15-14-16-34(31-33)42-39-23-10-11-24-40(39)43-44(46-42)47-30-13-12-25-41(47)45-43/h1-31H. The fourth-order valence-corrected chi connectivity index (χ4v) is 12.1. The molecule has 9 aromatic rings. The molecule has 0 saturated heterocycles. The number of hydrogen-bond acceptors (Lipinski definition) is 2. The van der Waals surface area contributed by atoms with Crippen molar-refractivity contribution in [2.75, 3.05) is 0 Å². The lowest BCUT2D eigenvalue weighted by Gasteiger charge is -2.34. The molecule has 0 aliphatic rings. The lowest BCUT2D eigenvalue weighted by Crippen LogP contribution is -2.74. The minimum atomic E-state index is -2.58. The smallest absolute Gasteiger partial charge is 0.179 e. The van der Waals surface area contributed by atoms with Crippen molar-refractivity contribution in [2.45, 2.75) is 0 Å². The normalized spacial score (nSPS) is 11.8. The molecule has 0 N–H and O–H groups in total. The van der Waals surface area contributed by atoms with Crippen molar-refractivity contribution in [2.24, 2.45) is 0 Å². The van der Waals surface area contributed by atoms with E-state index in [0.29, 0.717) is 0 Å². The van der Waals surface area contributed by atoms with E-state index in [1.165, 1.54) is 26.3 Å². The average Bonchev–Trinajstić information content (AvgIpc) is 3.55. The van der Waals surface area contributed by atoms with Crippen molar-refractivity contribution in [3.63, 3.8) is 0 Å². The highest BCUT2D eigenvalue weighted by Crippen LogP contribution is 2.34. The molecular weight excluding hydrogens is 599 g/mol. The van der Waals surface area contributed by atoms with E-state index in [4.69, 9.17) is 9.97 Å². The van der Waals surface area contributed by atoms with Crippen molar-refractivity contribution in [3.8, 4) is 22.4 Å². The first kappa shape index (κ1) is 28.1. The van der Waals surface area contributed by atoms with E-state index in [2.05, 4.69) is 168 Å². The number of benzene rings is 6. The summed E-state index contributed by atoms with van der Waals surface area (Å²) in [5, 5.41) is 7.69. The van der Waals surface area contributed by atoms with Gasteiger partial charge in [-0.3, -0.25) is 4.40 Å². The van der Waals surface area contributed by atoms with Crippen LogP contribution in [0.15, 0.2) is 188 Å². The van der Waals surface area contributed by atoms with Crippen LogP contribution in [0.5, 0.6) is 0 Å². The van der Waals surface area contributed by atoms with Crippen LogP contribution in [0.1, 0.15) is 0 Å². The summed E-state index contributed by atoms with van der Waals surface area (Å²) in [5.41, 5.74) is 7.09. The molecule has 4 heteroatoms. The van der Waals surface area contributed by atoms with Gasteiger partial charge in [0.25, 0.3) is 0 Å². The van der Waals surface area contributed by atoms with Gasteiger partial charge in [-0.15, -0.1) is 0 Å². The molecule has 0 radical (unpaired) electrons. The minimum Gasteiger partial charge on any atom is -0.284 e. The second-order valence-electron chi connectivity index (χ2n) is 12.2. The van der Waals surface area contributed by atoms with Gasteiger partial charge in [0.05, 0.1) is 5.69 Å². The van der Waals surface area contributed by atoms with Crippen molar-refractivity contribution in [1.29, 1.82) is 0 Å². The topological polar surface area (TPSA) is 30.2 Å².